The summed E-state index contributed by atoms with van der Waals surface area (Å²) in [5.41, 5.74) is -1.33. The molecule has 0 spiro atoms. The molecule has 0 heterocycles. The van der Waals surface area contributed by atoms with Gasteiger partial charge in [0.2, 0.25) is 0 Å². The molecular formula is C18H14F5NO3. The second-order valence-corrected chi connectivity index (χ2v) is 5.58. The summed E-state index contributed by atoms with van der Waals surface area (Å²) in [4.78, 5) is 24.1. The van der Waals surface area contributed by atoms with E-state index in [4.69, 9.17) is 0 Å². The smallest absolute Gasteiger partial charge is 0.416 e. The Kier molecular flexibility index (Phi) is 6.14. The van der Waals surface area contributed by atoms with E-state index in [1.54, 1.807) is 0 Å². The molecule has 2 aromatic carbocycles. The molecule has 144 valence electrons. The van der Waals surface area contributed by atoms with Gasteiger partial charge in [0.05, 0.1) is 18.2 Å². The summed E-state index contributed by atoms with van der Waals surface area (Å²) in [6.45, 7) is 0. The average Bonchev–Trinajstić information content (AvgIpc) is 2.59. The lowest BCUT2D eigenvalue weighted by Gasteiger charge is -2.17. The summed E-state index contributed by atoms with van der Waals surface area (Å²) in [7, 11) is 1.03. The van der Waals surface area contributed by atoms with Crippen molar-refractivity contribution in [3.05, 3.63) is 70.8 Å². The number of hydrogen-bond donors (Lipinski definition) is 1. The number of alkyl halides is 3. The molecule has 1 N–H and O–H groups in total. The molecule has 0 aliphatic carbocycles. The van der Waals surface area contributed by atoms with Crippen LogP contribution < -0.4 is 5.32 Å². The van der Waals surface area contributed by atoms with E-state index in [0.717, 1.165) is 37.4 Å². The first-order valence-electron chi connectivity index (χ1n) is 7.61. The molecule has 0 unspecified atom stereocenters. The van der Waals surface area contributed by atoms with Crippen molar-refractivity contribution >= 4 is 11.9 Å². The van der Waals surface area contributed by atoms with Crippen LogP contribution >= 0.6 is 0 Å². The molecule has 1 amide bonds. The van der Waals surface area contributed by atoms with Crippen LogP contribution in [0.4, 0.5) is 22.0 Å². The molecule has 0 fully saturated rings. The van der Waals surface area contributed by atoms with Gasteiger partial charge in [0.25, 0.3) is 5.91 Å². The number of esters is 1. The van der Waals surface area contributed by atoms with Crippen LogP contribution in [0.25, 0.3) is 0 Å². The second-order valence-electron chi connectivity index (χ2n) is 5.58. The number of hydrogen-bond acceptors (Lipinski definition) is 3. The van der Waals surface area contributed by atoms with Gasteiger partial charge in [-0.25, -0.2) is 13.6 Å². The molecule has 0 radical (unpaired) electrons. The van der Waals surface area contributed by atoms with E-state index in [-0.39, 0.29) is 12.0 Å². The maximum absolute atomic E-state index is 13.7. The minimum atomic E-state index is -4.57. The Balaban J connectivity index is 2.23. The largest absolute Gasteiger partial charge is 0.467 e. The number of carbonyl (C=O) groups excluding carboxylic acids is 2. The Morgan fingerprint density at radius 3 is 2.41 bits per heavy atom. The van der Waals surface area contributed by atoms with Crippen molar-refractivity contribution in [2.45, 2.75) is 18.6 Å². The maximum Gasteiger partial charge on any atom is 0.416 e. The van der Waals surface area contributed by atoms with Crippen LogP contribution in [0.1, 0.15) is 21.5 Å². The lowest BCUT2D eigenvalue weighted by molar-refractivity contribution is -0.142. The Labute approximate surface area is 150 Å². The van der Waals surface area contributed by atoms with Gasteiger partial charge < -0.3 is 10.1 Å². The van der Waals surface area contributed by atoms with E-state index in [9.17, 15) is 31.5 Å². The molecule has 1 atom stereocenters. The van der Waals surface area contributed by atoms with Gasteiger partial charge in [-0.05, 0) is 23.8 Å². The molecule has 0 aromatic heterocycles. The highest BCUT2D eigenvalue weighted by molar-refractivity contribution is 5.97. The minimum absolute atomic E-state index is 0.111. The normalized spacial score (nSPS) is 12.4. The van der Waals surface area contributed by atoms with Crippen LogP contribution in [0.5, 0.6) is 0 Å². The van der Waals surface area contributed by atoms with E-state index in [2.05, 4.69) is 10.1 Å². The van der Waals surface area contributed by atoms with Crippen LogP contribution in [0.15, 0.2) is 42.5 Å². The average molecular weight is 387 g/mol. The molecule has 0 aliphatic rings. The van der Waals surface area contributed by atoms with Gasteiger partial charge in [0.15, 0.2) is 0 Å². The fourth-order valence-electron chi connectivity index (χ4n) is 2.36. The third kappa shape index (κ3) is 5.25. The first kappa shape index (κ1) is 20.3. The van der Waals surface area contributed by atoms with Crippen molar-refractivity contribution in [3.63, 3.8) is 0 Å². The fraction of sp³-hybridized carbons (Fsp3) is 0.222. The second kappa shape index (κ2) is 8.15. The van der Waals surface area contributed by atoms with Crippen LogP contribution in [-0.2, 0) is 22.1 Å². The fourth-order valence-corrected chi connectivity index (χ4v) is 2.36. The van der Waals surface area contributed by atoms with Crippen LogP contribution in [0, 0.1) is 11.6 Å². The monoisotopic (exact) mass is 387 g/mol. The third-order valence-electron chi connectivity index (χ3n) is 3.66. The zero-order valence-electron chi connectivity index (χ0n) is 13.9. The lowest BCUT2D eigenvalue weighted by Crippen LogP contribution is -2.43. The van der Waals surface area contributed by atoms with Gasteiger partial charge in [-0.15, -0.1) is 0 Å². The number of ether oxygens (including phenoxy) is 1. The predicted molar refractivity (Wildman–Crippen MR) is 84.8 cm³/mol. The summed E-state index contributed by atoms with van der Waals surface area (Å²) in [5, 5.41) is 2.19. The minimum Gasteiger partial charge on any atom is -0.467 e. The van der Waals surface area contributed by atoms with E-state index < -0.39 is 46.9 Å². The van der Waals surface area contributed by atoms with Gasteiger partial charge >= 0.3 is 12.1 Å². The van der Waals surface area contributed by atoms with Crippen LogP contribution in [0.2, 0.25) is 0 Å². The number of rotatable bonds is 5. The van der Waals surface area contributed by atoms with Gasteiger partial charge in [-0.1, -0.05) is 18.2 Å². The standard InChI is InChI=1S/C18H14F5NO3/c1-27-17(26)15(8-10-3-2-4-11(7-10)18(21,22)23)24-16(25)13-6-5-12(19)9-14(13)20/h2-7,9,15H,8H2,1H3,(H,24,25)/t15-/m0/s1. The molecule has 4 nitrogen and oxygen atoms in total. The summed E-state index contributed by atoms with van der Waals surface area (Å²) in [6, 6.07) is 5.08. The summed E-state index contributed by atoms with van der Waals surface area (Å²) >= 11 is 0. The van der Waals surface area contributed by atoms with E-state index in [1.807, 2.05) is 0 Å². The zero-order valence-corrected chi connectivity index (χ0v) is 13.9. The number of halogens is 5. The van der Waals surface area contributed by atoms with Crippen molar-refractivity contribution in [2.24, 2.45) is 0 Å². The van der Waals surface area contributed by atoms with Crippen LogP contribution in [-0.4, -0.2) is 25.0 Å². The number of benzene rings is 2. The van der Waals surface area contributed by atoms with Crippen molar-refractivity contribution < 1.29 is 36.3 Å². The first-order valence-corrected chi connectivity index (χ1v) is 7.61. The molecule has 2 rings (SSSR count). The molecule has 0 saturated heterocycles. The number of carbonyl (C=O) groups is 2. The molecule has 27 heavy (non-hydrogen) atoms. The highest BCUT2D eigenvalue weighted by Crippen LogP contribution is 2.29. The number of nitrogens with one attached hydrogen (secondary N) is 1. The zero-order chi connectivity index (χ0) is 20.2. The third-order valence-corrected chi connectivity index (χ3v) is 3.66. The summed E-state index contributed by atoms with van der Waals surface area (Å²) < 4.78 is 69.6. The summed E-state index contributed by atoms with van der Waals surface area (Å²) in [5.74, 6) is -3.99. The lowest BCUT2D eigenvalue weighted by atomic mass is 10.0. The van der Waals surface area contributed by atoms with Crippen molar-refractivity contribution in [2.75, 3.05) is 7.11 Å². The highest BCUT2D eigenvalue weighted by atomic mass is 19.4. The van der Waals surface area contributed by atoms with E-state index >= 15 is 0 Å². The van der Waals surface area contributed by atoms with E-state index in [0.29, 0.717) is 6.07 Å². The summed E-state index contributed by atoms with van der Waals surface area (Å²) in [6.07, 6.45) is -4.89. The number of methoxy groups -OCH3 is 1. The maximum atomic E-state index is 13.7. The van der Waals surface area contributed by atoms with E-state index in [1.165, 1.54) is 6.07 Å². The topological polar surface area (TPSA) is 55.4 Å². The van der Waals surface area contributed by atoms with Gasteiger partial charge in [-0.2, -0.15) is 13.2 Å². The van der Waals surface area contributed by atoms with Gasteiger partial charge in [0.1, 0.15) is 17.7 Å². The Morgan fingerprint density at radius 2 is 1.81 bits per heavy atom. The van der Waals surface area contributed by atoms with Gasteiger partial charge in [-0.3, -0.25) is 4.79 Å². The van der Waals surface area contributed by atoms with Crippen LogP contribution in [0.3, 0.4) is 0 Å². The van der Waals surface area contributed by atoms with Crippen molar-refractivity contribution in [1.82, 2.24) is 5.32 Å². The molecule has 0 saturated carbocycles. The van der Waals surface area contributed by atoms with Crippen molar-refractivity contribution in [1.29, 1.82) is 0 Å². The molecule has 2 aromatic rings. The molecule has 0 aliphatic heterocycles. The Morgan fingerprint density at radius 1 is 1.11 bits per heavy atom. The number of amides is 1. The molecule has 9 heteroatoms. The SMILES string of the molecule is COC(=O)[C@H](Cc1cccc(C(F)(F)F)c1)NC(=O)c1ccc(F)cc1F. The molecule has 0 bridgehead atoms. The molecular weight excluding hydrogens is 373 g/mol. The highest BCUT2D eigenvalue weighted by Gasteiger charge is 2.31. The predicted octanol–water partition coefficient (Wildman–Crippen LogP) is 3.50. The van der Waals surface area contributed by atoms with Gasteiger partial charge in [0, 0.05) is 12.5 Å². The Bertz CT molecular complexity index is 851. The van der Waals surface area contributed by atoms with Crippen molar-refractivity contribution in [3.8, 4) is 0 Å². The quantitative estimate of drug-likeness (QED) is 0.631. The first-order chi connectivity index (χ1) is 12.6. The Hall–Kier alpha value is -2.97.